The van der Waals surface area contributed by atoms with Gasteiger partial charge < -0.3 is 48.1 Å². The zero-order valence-electron chi connectivity index (χ0n) is 25.9. The zero-order valence-corrected chi connectivity index (χ0v) is 25.9. The number of allylic oxidation sites excluding steroid dienone is 1. The zero-order chi connectivity index (χ0) is 30.6. The largest absolute Gasteiger partial charge is 0.387 e. The van der Waals surface area contributed by atoms with Crippen LogP contribution in [0.2, 0.25) is 0 Å². The highest BCUT2D eigenvalue weighted by Crippen LogP contribution is 2.41. The first kappa shape index (κ1) is 32.9. The Balaban J connectivity index is 1.32. The second-order valence-corrected chi connectivity index (χ2v) is 12.5. The average Bonchev–Trinajstić information content (AvgIpc) is 3.33. The number of benzene rings is 1. The molecule has 0 radical (unpaired) electrons. The van der Waals surface area contributed by atoms with Crippen molar-refractivity contribution >= 4 is 0 Å². The first-order valence-corrected chi connectivity index (χ1v) is 16.0. The van der Waals surface area contributed by atoms with Crippen molar-refractivity contribution < 1.29 is 48.1 Å². The van der Waals surface area contributed by atoms with Gasteiger partial charge >= 0.3 is 0 Å². The highest BCUT2D eigenvalue weighted by Gasteiger charge is 2.58. The van der Waals surface area contributed by atoms with Gasteiger partial charge in [-0.2, -0.15) is 0 Å². The van der Waals surface area contributed by atoms with Crippen LogP contribution in [0, 0.1) is 0 Å². The molecular weight excluding hydrogens is 556 g/mol. The highest BCUT2D eigenvalue weighted by molar-refractivity contribution is 5.16. The van der Waals surface area contributed by atoms with Gasteiger partial charge in [0.1, 0.15) is 42.7 Å². The van der Waals surface area contributed by atoms with Crippen LogP contribution in [-0.2, 0) is 37.9 Å². The van der Waals surface area contributed by atoms with Gasteiger partial charge in [-0.25, -0.2) is 0 Å². The summed E-state index contributed by atoms with van der Waals surface area (Å²) in [5.41, 5.74) is 0.822. The van der Waals surface area contributed by atoms with Gasteiger partial charge in [0.15, 0.2) is 24.7 Å². The van der Waals surface area contributed by atoms with Crippen LogP contribution in [0.1, 0.15) is 84.5 Å². The number of unbranched alkanes of at least 4 members (excludes halogenated alkanes) is 3. The molecule has 43 heavy (non-hydrogen) atoms. The molecule has 0 aromatic heterocycles. The van der Waals surface area contributed by atoms with E-state index in [2.05, 4.69) is 13.5 Å². The number of hydrogen-bond acceptors (Lipinski definition) is 10. The molecule has 0 saturated carbocycles. The molecule has 4 aliphatic rings. The van der Waals surface area contributed by atoms with Crippen molar-refractivity contribution in [3.8, 4) is 0 Å². The van der Waals surface area contributed by atoms with E-state index in [1.165, 1.54) is 0 Å². The molecule has 12 atom stereocenters. The predicted octanol–water partition coefficient (Wildman–Crippen LogP) is 4.52. The lowest BCUT2D eigenvalue weighted by atomic mass is 9.96. The van der Waals surface area contributed by atoms with Crippen LogP contribution >= 0.6 is 0 Å². The Kier molecular flexibility index (Phi) is 11.3. The summed E-state index contributed by atoms with van der Waals surface area (Å²) in [6.45, 7) is 11.9. The summed E-state index contributed by atoms with van der Waals surface area (Å²) >= 11 is 0. The van der Waals surface area contributed by atoms with Crippen molar-refractivity contribution in [2.24, 2.45) is 0 Å². The van der Waals surface area contributed by atoms with Crippen molar-refractivity contribution in [3.05, 3.63) is 48.6 Å². The van der Waals surface area contributed by atoms with Crippen LogP contribution in [0.3, 0.4) is 0 Å². The minimum Gasteiger partial charge on any atom is -0.387 e. The third-order valence-corrected chi connectivity index (χ3v) is 8.65. The summed E-state index contributed by atoms with van der Waals surface area (Å²) in [6, 6.07) is 9.47. The average molecular weight is 607 g/mol. The fourth-order valence-corrected chi connectivity index (χ4v) is 6.41. The van der Waals surface area contributed by atoms with Gasteiger partial charge in [-0.1, -0.05) is 62.6 Å². The quantitative estimate of drug-likeness (QED) is 0.245. The van der Waals surface area contributed by atoms with Gasteiger partial charge in [0.2, 0.25) is 0 Å². The maximum absolute atomic E-state index is 11.2. The fourth-order valence-electron chi connectivity index (χ4n) is 6.41. The lowest BCUT2D eigenvalue weighted by Crippen LogP contribution is -2.65. The van der Waals surface area contributed by atoms with E-state index in [0.29, 0.717) is 0 Å². The third kappa shape index (κ3) is 7.87. The molecule has 5 rings (SSSR count). The van der Waals surface area contributed by atoms with Crippen LogP contribution in [0.4, 0.5) is 0 Å². The number of aliphatic hydroxyl groups excluding tert-OH is 2. The van der Waals surface area contributed by atoms with Gasteiger partial charge in [0.05, 0.1) is 18.8 Å². The molecule has 4 fully saturated rings. The van der Waals surface area contributed by atoms with E-state index >= 15 is 0 Å². The number of hydrogen-bond donors (Lipinski definition) is 2. The van der Waals surface area contributed by atoms with Crippen molar-refractivity contribution in [1.82, 2.24) is 0 Å². The molecule has 242 valence electrons. The van der Waals surface area contributed by atoms with Gasteiger partial charge in [0, 0.05) is 5.56 Å². The molecule has 1 aromatic carbocycles. The standard InChI is InChI=1S/C33H50O10/c1-6-8-11-17-22(18-12-9-7-2)38-32-29(28-26(20(3)37-32)42-33(4,5)43-28)41-31-25(35)24(34)27-23(39-31)19-36-30(40-27)21-15-13-10-14-16-21/h6,10,13-16,20,22-32,34-35H,1,7-9,11-12,17-19H2,2-5H3/t20-,22-,23-,24-,25-,26+,27-,28+,29-,30?,31+,32+/m1/s1. The molecule has 1 aromatic rings. The summed E-state index contributed by atoms with van der Waals surface area (Å²) in [5.74, 6) is -0.859. The number of fused-ring (bicyclic) bond motifs is 2. The van der Waals surface area contributed by atoms with Gasteiger partial charge in [-0.05, 0) is 46.5 Å². The predicted molar refractivity (Wildman–Crippen MR) is 157 cm³/mol. The highest BCUT2D eigenvalue weighted by atomic mass is 16.8. The number of rotatable bonds is 13. The van der Waals surface area contributed by atoms with E-state index < -0.39 is 67.4 Å². The minimum atomic E-state index is -1.39. The maximum Gasteiger partial charge on any atom is 0.187 e. The van der Waals surface area contributed by atoms with E-state index in [-0.39, 0.29) is 18.8 Å². The Morgan fingerprint density at radius 3 is 2.44 bits per heavy atom. The summed E-state index contributed by atoms with van der Waals surface area (Å²) in [4.78, 5) is 0. The molecule has 1 unspecified atom stereocenters. The Labute approximate surface area is 255 Å². The molecule has 4 heterocycles. The lowest BCUT2D eigenvalue weighted by molar-refractivity contribution is -0.388. The first-order valence-electron chi connectivity index (χ1n) is 16.0. The molecular formula is C33H50O10. The minimum absolute atomic E-state index is 0.0519. The summed E-state index contributed by atoms with van der Waals surface area (Å²) < 4.78 is 50.3. The maximum atomic E-state index is 11.2. The fraction of sp³-hybridized carbons (Fsp3) is 0.758. The molecule has 0 spiro atoms. The first-order chi connectivity index (χ1) is 20.7. The summed E-state index contributed by atoms with van der Waals surface area (Å²) in [7, 11) is 0. The van der Waals surface area contributed by atoms with Crippen molar-refractivity contribution in [2.45, 2.75) is 152 Å². The second kappa shape index (κ2) is 14.8. The Hall–Kier alpha value is -1.44. The topological polar surface area (TPSA) is 114 Å². The molecule has 4 saturated heterocycles. The van der Waals surface area contributed by atoms with E-state index in [4.69, 9.17) is 37.9 Å². The lowest BCUT2D eigenvalue weighted by Gasteiger charge is -2.48. The van der Waals surface area contributed by atoms with E-state index in [9.17, 15) is 10.2 Å². The molecule has 10 nitrogen and oxygen atoms in total. The van der Waals surface area contributed by atoms with E-state index in [1.54, 1.807) is 0 Å². The Morgan fingerprint density at radius 2 is 1.70 bits per heavy atom. The van der Waals surface area contributed by atoms with Crippen LogP contribution in [0.25, 0.3) is 0 Å². The molecule has 0 amide bonds. The van der Waals surface area contributed by atoms with Gasteiger partial charge in [-0.15, -0.1) is 6.58 Å². The normalized spacial score (nSPS) is 39.5. The number of aliphatic hydroxyl groups is 2. The van der Waals surface area contributed by atoms with Crippen LogP contribution in [0.15, 0.2) is 43.0 Å². The van der Waals surface area contributed by atoms with Crippen molar-refractivity contribution in [2.75, 3.05) is 6.61 Å². The van der Waals surface area contributed by atoms with Crippen LogP contribution < -0.4 is 0 Å². The molecule has 0 aliphatic carbocycles. The Morgan fingerprint density at radius 1 is 0.953 bits per heavy atom. The van der Waals surface area contributed by atoms with Crippen LogP contribution in [-0.4, -0.2) is 90.1 Å². The smallest absolute Gasteiger partial charge is 0.187 e. The molecule has 2 N–H and O–H groups in total. The summed E-state index contributed by atoms with van der Waals surface area (Å²) in [5, 5.41) is 22.4. The SMILES string of the molecule is C=CCCC[C@H](CCCCC)O[C@@H]1O[C@H](C)[C@@H]2OC(C)(C)O[C@@H]2[C@H]1O[C@@H]1O[C@@H]2COC(c3ccccc3)O[C@H]2[C@H](O)[C@H]1O. The van der Waals surface area contributed by atoms with E-state index in [0.717, 1.165) is 50.5 Å². The molecule has 10 heteroatoms. The molecule has 0 bridgehead atoms. The van der Waals surface area contributed by atoms with Gasteiger partial charge in [-0.3, -0.25) is 0 Å². The number of ether oxygens (including phenoxy) is 8. The Bertz CT molecular complexity index is 1000. The van der Waals surface area contributed by atoms with Crippen molar-refractivity contribution in [1.29, 1.82) is 0 Å². The van der Waals surface area contributed by atoms with Gasteiger partial charge in [0.25, 0.3) is 0 Å². The van der Waals surface area contributed by atoms with Crippen molar-refractivity contribution in [3.63, 3.8) is 0 Å². The monoisotopic (exact) mass is 606 g/mol. The van der Waals surface area contributed by atoms with Crippen LogP contribution in [0.5, 0.6) is 0 Å². The summed E-state index contributed by atoms with van der Waals surface area (Å²) in [6.07, 6.45) is -0.0641. The van der Waals surface area contributed by atoms with E-state index in [1.807, 2.05) is 57.2 Å². The second-order valence-electron chi connectivity index (χ2n) is 12.5. The third-order valence-electron chi connectivity index (χ3n) is 8.65. The molecule has 4 aliphatic heterocycles.